The number of benzene rings is 2. The van der Waals surface area contributed by atoms with Crippen LogP contribution in [0.5, 0.6) is 0 Å². The second kappa shape index (κ2) is 17.6. The summed E-state index contributed by atoms with van der Waals surface area (Å²) < 4.78 is 23.2. The molecular weight excluding hydrogens is 643 g/mol. The highest BCUT2D eigenvalue weighted by Gasteiger charge is 2.27. The Labute approximate surface area is 283 Å². The van der Waals surface area contributed by atoms with Gasteiger partial charge in [0.25, 0.3) is 11.4 Å². The average Bonchev–Trinajstić information content (AvgIpc) is 3.04. The monoisotopic (exact) mass is 684 g/mol. The number of carbonyl (C=O) groups is 2. The summed E-state index contributed by atoms with van der Waals surface area (Å²) in [5.41, 5.74) is -0.732. The molecule has 2 aromatic rings. The number of amides is 2. The third kappa shape index (κ3) is 13.2. The average molecular weight is 685 g/mol. The van der Waals surface area contributed by atoms with Crippen LogP contribution in [-0.2, 0) is 9.47 Å². The van der Waals surface area contributed by atoms with Crippen molar-refractivity contribution in [3.05, 3.63) is 73.6 Å². The molecule has 2 fully saturated rings. The van der Waals surface area contributed by atoms with Crippen LogP contribution in [0.2, 0.25) is 0 Å². The molecule has 2 aliphatic heterocycles. The van der Waals surface area contributed by atoms with E-state index in [9.17, 15) is 39.5 Å². The maximum Gasteiger partial charge on any atom is 0.410 e. The van der Waals surface area contributed by atoms with Gasteiger partial charge in [-0.1, -0.05) is 0 Å². The van der Waals surface area contributed by atoms with Crippen molar-refractivity contribution in [2.45, 2.75) is 52.7 Å². The van der Waals surface area contributed by atoms with Gasteiger partial charge in [-0.25, -0.2) is 14.0 Å². The number of carbonyl (C=O) groups excluding carboxylic acids is 2. The molecule has 0 bridgehead atoms. The second-order valence-corrected chi connectivity index (χ2v) is 12.8. The number of anilines is 1. The summed E-state index contributed by atoms with van der Waals surface area (Å²) in [4.78, 5) is 48.6. The molecule has 16 nitrogen and oxygen atoms in total. The first-order valence-electron chi connectivity index (χ1n) is 15.3. The lowest BCUT2D eigenvalue weighted by molar-refractivity contribution is -0.385. The number of nitrogens with one attached hydrogen (secondary N) is 1. The van der Waals surface area contributed by atoms with Crippen LogP contribution >= 0.6 is 0 Å². The highest BCUT2D eigenvalue weighted by atomic mass is 19.1. The highest BCUT2D eigenvalue weighted by molar-refractivity contribution is 5.69. The van der Waals surface area contributed by atoms with Crippen molar-refractivity contribution >= 4 is 29.2 Å². The fourth-order valence-corrected chi connectivity index (χ4v) is 4.35. The van der Waals surface area contributed by atoms with Crippen LogP contribution in [0.15, 0.2) is 36.4 Å². The third-order valence-electron chi connectivity index (χ3n) is 6.63. The molecule has 0 spiro atoms. The number of halogens is 1. The summed E-state index contributed by atoms with van der Waals surface area (Å²) in [6, 6.07) is 10.6. The van der Waals surface area contributed by atoms with E-state index in [0.717, 1.165) is 44.4 Å². The van der Waals surface area contributed by atoms with Crippen LogP contribution in [0.25, 0.3) is 0 Å². The lowest BCUT2D eigenvalue weighted by Gasteiger charge is -2.37. The molecule has 0 aliphatic carbocycles. The molecule has 0 aromatic heterocycles. The van der Waals surface area contributed by atoms with E-state index in [1.807, 2.05) is 52.5 Å². The molecular formula is C32H41FN8O8. The van der Waals surface area contributed by atoms with Gasteiger partial charge in [0.15, 0.2) is 0 Å². The molecule has 2 aromatic carbocycles. The van der Waals surface area contributed by atoms with Crippen LogP contribution in [0.3, 0.4) is 0 Å². The molecule has 1 N–H and O–H groups in total. The Hall–Kier alpha value is -5.55. The van der Waals surface area contributed by atoms with Crippen molar-refractivity contribution in [2.75, 3.05) is 57.3 Å². The molecule has 2 aliphatic rings. The van der Waals surface area contributed by atoms with E-state index >= 15 is 0 Å². The SMILES string of the molecule is CC(C)(C)OC(=O)N1CCN(c2ccc([N+](=O)[O-])cc2C#N)CC1.CC(C)(C)OC(=O)N1CCNCC1.N#Cc1cc([N+](=O)[O-])ccc1F. The van der Waals surface area contributed by atoms with E-state index in [2.05, 4.69) is 5.32 Å². The van der Waals surface area contributed by atoms with Gasteiger partial charge in [0, 0.05) is 76.6 Å². The molecule has 4 rings (SSSR count). The predicted molar refractivity (Wildman–Crippen MR) is 176 cm³/mol. The molecule has 0 saturated carbocycles. The highest BCUT2D eigenvalue weighted by Crippen LogP contribution is 2.26. The Bertz CT molecular complexity index is 1580. The van der Waals surface area contributed by atoms with Crippen molar-refractivity contribution in [3.8, 4) is 12.1 Å². The summed E-state index contributed by atoms with van der Waals surface area (Å²) in [6.45, 7) is 16.3. The van der Waals surface area contributed by atoms with E-state index in [1.54, 1.807) is 15.9 Å². The number of rotatable bonds is 3. The maximum atomic E-state index is 12.6. The molecule has 49 heavy (non-hydrogen) atoms. The number of nitro benzene ring substituents is 2. The number of piperazine rings is 2. The van der Waals surface area contributed by atoms with E-state index in [0.29, 0.717) is 31.9 Å². The van der Waals surface area contributed by atoms with Gasteiger partial charge < -0.3 is 29.5 Å². The zero-order valence-corrected chi connectivity index (χ0v) is 28.4. The molecule has 2 saturated heterocycles. The van der Waals surface area contributed by atoms with Gasteiger partial charge in [0.1, 0.15) is 29.2 Å². The summed E-state index contributed by atoms with van der Waals surface area (Å²) >= 11 is 0. The van der Waals surface area contributed by atoms with Crippen molar-refractivity contribution < 1.29 is 33.3 Å². The largest absolute Gasteiger partial charge is 0.444 e. The van der Waals surface area contributed by atoms with Crippen molar-refractivity contribution in [1.82, 2.24) is 15.1 Å². The fourth-order valence-electron chi connectivity index (χ4n) is 4.35. The topological polar surface area (TPSA) is 208 Å². The van der Waals surface area contributed by atoms with Crippen LogP contribution in [-0.4, -0.2) is 95.4 Å². The van der Waals surface area contributed by atoms with E-state index in [-0.39, 0.29) is 40.3 Å². The third-order valence-corrected chi connectivity index (χ3v) is 6.63. The number of nitro groups is 2. The van der Waals surface area contributed by atoms with Gasteiger partial charge in [0.05, 0.1) is 26.7 Å². The lowest BCUT2D eigenvalue weighted by Crippen LogP contribution is -2.50. The normalized spacial score (nSPS) is 14.4. The number of hydrogen-bond acceptors (Lipinski definition) is 12. The Kier molecular flexibility index (Phi) is 14.2. The Morgan fingerprint density at radius 1 is 0.755 bits per heavy atom. The van der Waals surface area contributed by atoms with Crippen molar-refractivity contribution in [2.24, 2.45) is 0 Å². The summed E-state index contributed by atoms with van der Waals surface area (Å²) in [7, 11) is 0. The minimum Gasteiger partial charge on any atom is -0.444 e. The van der Waals surface area contributed by atoms with E-state index < -0.39 is 21.3 Å². The Morgan fingerprint density at radius 3 is 1.61 bits per heavy atom. The molecule has 264 valence electrons. The predicted octanol–water partition coefficient (Wildman–Crippen LogP) is 4.96. The Morgan fingerprint density at radius 2 is 1.18 bits per heavy atom. The van der Waals surface area contributed by atoms with Gasteiger partial charge >= 0.3 is 12.2 Å². The molecule has 2 heterocycles. The van der Waals surface area contributed by atoms with Crippen molar-refractivity contribution in [3.63, 3.8) is 0 Å². The number of non-ortho nitro benzene ring substituents is 2. The number of nitrogens with zero attached hydrogens (tertiary/aromatic N) is 7. The second-order valence-electron chi connectivity index (χ2n) is 12.8. The fraction of sp³-hybridized carbons (Fsp3) is 0.500. The minimum atomic E-state index is -0.747. The van der Waals surface area contributed by atoms with Gasteiger partial charge in [0.2, 0.25) is 0 Å². The molecule has 0 atom stereocenters. The van der Waals surface area contributed by atoms with Gasteiger partial charge in [-0.2, -0.15) is 10.5 Å². The quantitative estimate of drug-likeness (QED) is 0.336. The number of hydrogen-bond donors (Lipinski definition) is 1. The number of ether oxygens (including phenoxy) is 2. The van der Waals surface area contributed by atoms with E-state index in [1.165, 1.54) is 18.2 Å². The maximum absolute atomic E-state index is 12.6. The van der Waals surface area contributed by atoms with Gasteiger partial charge in [-0.15, -0.1) is 0 Å². The van der Waals surface area contributed by atoms with Gasteiger partial charge in [-0.3, -0.25) is 20.2 Å². The van der Waals surface area contributed by atoms with E-state index in [4.69, 9.17) is 14.7 Å². The zero-order chi connectivity index (χ0) is 36.9. The minimum absolute atomic E-state index is 0.109. The summed E-state index contributed by atoms with van der Waals surface area (Å²) in [5.74, 6) is -0.747. The molecule has 2 amide bonds. The summed E-state index contributed by atoms with van der Waals surface area (Å²) in [6.07, 6.45) is -0.555. The molecule has 0 radical (unpaired) electrons. The standard InChI is InChI=1S/C16H20N4O4.C9H18N2O2.C7H3FN2O2/c1-16(2,3)24-15(21)19-8-6-18(7-9-19)14-5-4-13(20(22)23)10-12(14)11-17;1-9(2,3)13-8(12)11-6-4-10-5-7-11;8-7-2-1-6(10(11)12)3-5(7)4-9/h4-5,10H,6-9H2,1-3H3;10H,4-7H2,1-3H3;1-3H. The van der Waals surface area contributed by atoms with Gasteiger partial charge in [-0.05, 0) is 53.7 Å². The lowest BCUT2D eigenvalue weighted by atomic mass is 10.1. The van der Waals surface area contributed by atoms with Crippen LogP contribution in [0.1, 0.15) is 52.7 Å². The molecule has 0 unspecified atom stereocenters. The first-order valence-corrected chi connectivity index (χ1v) is 15.3. The smallest absolute Gasteiger partial charge is 0.410 e. The molecule has 17 heteroatoms. The van der Waals surface area contributed by atoms with Crippen molar-refractivity contribution in [1.29, 1.82) is 10.5 Å². The van der Waals surface area contributed by atoms with Crippen LogP contribution in [0.4, 0.5) is 31.0 Å². The zero-order valence-electron chi connectivity index (χ0n) is 28.4. The first-order chi connectivity index (χ1) is 22.8. The van der Waals surface area contributed by atoms with Crippen LogP contribution < -0.4 is 10.2 Å². The Balaban J connectivity index is 0.000000281. The summed E-state index contributed by atoms with van der Waals surface area (Å²) in [5, 5.41) is 41.7. The number of nitriles is 2. The first kappa shape index (κ1) is 39.6. The van der Waals surface area contributed by atoms with Crippen LogP contribution in [0, 0.1) is 48.7 Å².